The Bertz CT molecular complexity index is 933. The molecule has 0 atom stereocenters. The summed E-state index contributed by atoms with van der Waals surface area (Å²) in [6.45, 7) is 4.80. The average Bonchev–Trinajstić information content (AvgIpc) is 3.21. The summed E-state index contributed by atoms with van der Waals surface area (Å²) in [5.41, 5.74) is 1.28. The van der Waals surface area contributed by atoms with Crippen LogP contribution in [0, 0.1) is 5.92 Å². The van der Waals surface area contributed by atoms with Crippen LogP contribution in [0.1, 0.15) is 36.5 Å². The Morgan fingerprint density at radius 2 is 1.90 bits per heavy atom. The summed E-state index contributed by atoms with van der Waals surface area (Å²) in [4.78, 5) is 16.6. The summed E-state index contributed by atoms with van der Waals surface area (Å²) in [6.07, 6.45) is 2.55. The van der Waals surface area contributed by atoms with Crippen LogP contribution >= 0.6 is 0 Å². The minimum Gasteiger partial charge on any atom is -0.493 e. The van der Waals surface area contributed by atoms with Crippen LogP contribution in [0.3, 0.4) is 0 Å². The first-order valence-corrected chi connectivity index (χ1v) is 9.55. The molecule has 0 amide bonds. The van der Waals surface area contributed by atoms with Crippen molar-refractivity contribution in [2.45, 2.75) is 26.9 Å². The SMILES string of the molecule is COc1cc(C(=O)OCc2ncc(-c3ccccc3)o2)ccc1OCCC(C)C. The molecule has 3 rings (SSSR count). The lowest BCUT2D eigenvalue weighted by Crippen LogP contribution is -2.07. The van der Waals surface area contributed by atoms with Crippen molar-refractivity contribution in [3.63, 3.8) is 0 Å². The summed E-state index contributed by atoms with van der Waals surface area (Å²) in [6, 6.07) is 14.6. The van der Waals surface area contributed by atoms with E-state index in [1.165, 1.54) is 7.11 Å². The molecule has 6 heteroatoms. The van der Waals surface area contributed by atoms with E-state index in [0.29, 0.717) is 41.2 Å². The van der Waals surface area contributed by atoms with Gasteiger partial charge in [0.15, 0.2) is 23.9 Å². The number of aromatic nitrogens is 1. The van der Waals surface area contributed by atoms with Crippen molar-refractivity contribution in [3.05, 3.63) is 66.2 Å². The normalized spacial score (nSPS) is 10.8. The van der Waals surface area contributed by atoms with E-state index in [4.69, 9.17) is 18.6 Å². The molecule has 0 aliphatic rings. The van der Waals surface area contributed by atoms with Gasteiger partial charge in [0.05, 0.1) is 25.5 Å². The molecule has 0 spiro atoms. The van der Waals surface area contributed by atoms with Gasteiger partial charge in [0.1, 0.15) is 0 Å². The van der Waals surface area contributed by atoms with Crippen molar-refractivity contribution in [1.82, 2.24) is 4.98 Å². The number of esters is 1. The van der Waals surface area contributed by atoms with E-state index in [9.17, 15) is 4.79 Å². The smallest absolute Gasteiger partial charge is 0.338 e. The second-order valence-electron chi connectivity index (χ2n) is 6.96. The third-order valence-corrected chi connectivity index (χ3v) is 4.29. The monoisotopic (exact) mass is 395 g/mol. The molecule has 1 heterocycles. The Balaban J connectivity index is 1.60. The van der Waals surface area contributed by atoms with Crippen LogP contribution in [0.4, 0.5) is 0 Å². The highest BCUT2D eigenvalue weighted by molar-refractivity contribution is 5.90. The molecule has 0 N–H and O–H groups in total. The van der Waals surface area contributed by atoms with E-state index in [1.54, 1.807) is 24.4 Å². The first-order chi connectivity index (χ1) is 14.1. The molecule has 0 saturated carbocycles. The summed E-state index contributed by atoms with van der Waals surface area (Å²) in [7, 11) is 1.54. The topological polar surface area (TPSA) is 70.8 Å². The second-order valence-corrected chi connectivity index (χ2v) is 6.96. The Kier molecular flexibility index (Phi) is 6.89. The summed E-state index contributed by atoms with van der Waals surface area (Å²) in [5, 5.41) is 0. The molecule has 0 radical (unpaired) electrons. The van der Waals surface area contributed by atoms with Gasteiger partial charge in [-0.3, -0.25) is 0 Å². The van der Waals surface area contributed by atoms with Crippen molar-refractivity contribution >= 4 is 5.97 Å². The fourth-order valence-electron chi connectivity index (χ4n) is 2.64. The average molecular weight is 395 g/mol. The van der Waals surface area contributed by atoms with Crippen LogP contribution in [0.25, 0.3) is 11.3 Å². The molecular formula is C23H25NO5. The molecule has 3 aromatic rings. The van der Waals surface area contributed by atoms with Gasteiger partial charge >= 0.3 is 5.97 Å². The second kappa shape index (κ2) is 9.78. The minimum absolute atomic E-state index is 0.0549. The molecule has 6 nitrogen and oxygen atoms in total. The van der Waals surface area contributed by atoms with E-state index in [0.717, 1.165) is 12.0 Å². The molecule has 152 valence electrons. The zero-order valence-electron chi connectivity index (χ0n) is 16.9. The number of hydrogen-bond donors (Lipinski definition) is 0. The van der Waals surface area contributed by atoms with Crippen molar-refractivity contribution in [2.75, 3.05) is 13.7 Å². The maximum absolute atomic E-state index is 12.4. The Morgan fingerprint density at radius 1 is 1.10 bits per heavy atom. The first kappa shape index (κ1) is 20.5. The lowest BCUT2D eigenvalue weighted by molar-refractivity contribution is 0.0438. The summed E-state index contributed by atoms with van der Waals surface area (Å²) in [5.74, 6) is 2.11. The molecule has 0 aliphatic carbocycles. The molecule has 0 fully saturated rings. The maximum atomic E-state index is 12.4. The lowest BCUT2D eigenvalue weighted by Gasteiger charge is -2.12. The number of ether oxygens (including phenoxy) is 3. The van der Waals surface area contributed by atoms with Crippen LogP contribution in [-0.4, -0.2) is 24.7 Å². The summed E-state index contributed by atoms with van der Waals surface area (Å²) >= 11 is 0. The number of rotatable bonds is 9. The zero-order valence-corrected chi connectivity index (χ0v) is 16.9. The van der Waals surface area contributed by atoms with Crippen LogP contribution in [0.15, 0.2) is 59.1 Å². The minimum atomic E-state index is -0.489. The molecule has 0 bridgehead atoms. The molecule has 0 saturated heterocycles. The van der Waals surface area contributed by atoms with Crippen LogP contribution < -0.4 is 9.47 Å². The number of methoxy groups -OCH3 is 1. The van der Waals surface area contributed by atoms with Gasteiger partial charge in [0.25, 0.3) is 0 Å². The van der Waals surface area contributed by atoms with Crippen molar-refractivity contribution in [1.29, 1.82) is 0 Å². The van der Waals surface area contributed by atoms with E-state index in [2.05, 4.69) is 18.8 Å². The van der Waals surface area contributed by atoms with Gasteiger partial charge < -0.3 is 18.6 Å². The van der Waals surface area contributed by atoms with E-state index in [1.807, 2.05) is 30.3 Å². The molecule has 0 aliphatic heterocycles. The predicted molar refractivity (Wildman–Crippen MR) is 109 cm³/mol. The highest BCUT2D eigenvalue weighted by Gasteiger charge is 2.14. The zero-order chi connectivity index (χ0) is 20.6. The van der Waals surface area contributed by atoms with Crippen molar-refractivity contribution in [2.24, 2.45) is 5.92 Å². The fourth-order valence-corrected chi connectivity index (χ4v) is 2.64. The third kappa shape index (κ3) is 5.60. The molecular weight excluding hydrogens is 370 g/mol. The van der Waals surface area contributed by atoms with Crippen molar-refractivity contribution in [3.8, 4) is 22.8 Å². The molecule has 29 heavy (non-hydrogen) atoms. The van der Waals surface area contributed by atoms with Gasteiger partial charge in [-0.15, -0.1) is 0 Å². The van der Waals surface area contributed by atoms with Crippen LogP contribution in [0.2, 0.25) is 0 Å². The van der Waals surface area contributed by atoms with Gasteiger partial charge in [0.2, 0.25) is 5.89 Å². The third-order valence-electron chi connectivity index (χ3n) is 4.29. The maximum Gasteiger partial charge on any atom is 0.338 e. The Hall–Kier alpha value is -3.28. The first-order valence-electron chi connectivity index (χ1n) is 9.55. The highest BCUT2D eigenvalue weighted by Crippen LogP contribution is 2.29. The number of oxazole rings is 1. The standard InChI is InChI=1S/C23H25NO5/c1-16(2)11-12-27-19-10-9-18(13-20(19)26-3)23(25)28-15-22-24-14-21(29-22)17-7-5-4-6-8-17/h4-10,13-14,16H,11-12,15H2,1-3H3. The van der Waals surface area contributed by atoms with Crippen LogP contribution in [0.5, 0.6) is 11.5 Å². The van der Waals surface area contributed by atoms with Crippen molar-refractivity contribution < 1.29 is 23.4 Å². The summed E-state index contributed by atoms with van der Waals surface area (Å²) < 4.78 is 22.1. The van der Waals surface area contributed by atoms with Gasteiger partial charge in [0, 0.05) is 5.56 Å². The quantitative estimate of drug-likeness (QED) is 0.468. The number of hydrogen-bond acceptors (Lipinski definition) is 6. The largest absolute Gasteiger partial charge is 0.493 e. The van der Waals surface area contributed by atoms with Gasteiger partial charge in [-0.05, 0) is 30.5 Å². The Morgan fingerprint density at radius 3 is 2.62 bits per heavy atom. The van der Waals surface area contributed by atoms with Gasteiger partial charge in [-0.1, -0.05) is 44.2 Å². The number of carbonyl (C=O) groups is 1. The molecule has 0 unspecified atom stereocenters. The number of benzene rings is 2. The predicted octanol–water partition coefficient (Wildman–Crippen LogP) is 5.13. The van der Waals surface area contributed by atoms with E-state index >= 15 is 0 Å². The van der Waals surface area contributed by atoms with E-state index < -0.39 is 5.97 Å². The fraction of sp³-hybridized carbons (Fsp3) is 0.304. The molecule has 2 aromatic carbocycles. The molecule has 1 aromatic heterocycles. The lowest BCUT2D eigenvalue weighted by atomic mass is 10.1. The van der Waals surface area contributed by atoms with Gasteiger partial charge in [-0.25, -0.2) is 9.78 Å². The number of carbonyl (C=O) groups excluding carboxylic acids is 1. The van der Waals surface area contributed by atoms with E-state index in [-0.39, 0.29) is 6.61 Å². The number of nitrogens with zero attached hydrogens (tertiary/aromatic N) is 1. The van der Waals surface area contributed by atoms with Crippen LogP contribution in [-0.2, 0) is 11.3 Å². The highest BCUT2D eigenvalue weighted by atomic mass is 16.5. The Labute approximate surface area is 170 Å². The van der Waals surface area contributed by atoms with Gasteiger partial charge in [-0.2, -0.15) is 0 Å².